The van der Waals surface area contributed by atoms with E-state index in [2.05, 4.69) is 43.9 Å². The molecule has 0 aromatic heterocycles. The summed E-state index contributed by atoms with van der Waals surface area (Å²) in [5.41, 5.74) is 4.21. The highest BCUT2D eigenvalue weighted by atomic mass is 15.1. The molecule has 96 valence electrons. The van der Waals surface area contributed by atoms with Crippen molar-refractivity contribution in [2.75, 3.05) is 13.6 Å². The van der Waals surface area contributed by atoms with Crippen molar-refractivity contribution in [3.05, 3.63) is 36.1 Å². The van der Waals surface area contributed by atoms with E-state index in [9.17, 15) is 0 Å². The van der Waals surface area contributed by atoms with Gasteiger partial charge in [-0.2, -0.15) is 0 Å². The van der Waals surface area contributed by atoms with E-state index in [1.807, 2.05) is 20.8 Å². The lowest BCUT2D eigenvalue weighted by molar-refractivity contribution is 0.297. The summed E-state index contributed by atoms with van der Waals surface area (Å²) >= 11 is 0. The molecule has 0 aliphatic carbocycles. The van der Waals surface area contributed by atoms with Gasteiger partial charge in [0.1, 0.15) is 0 Å². The monoisotopic (exact) mass is 234 g/mol. The van der Waals surface area contributed by atoms with Crippen LogP contribution in [0.3, 0.4) is 0 Å². The molecule has 0 bridgehead atoms. The van der Waals surface area contributed by atoms with Gasteiger partial charge in [0.05, 0.1) is 0 Å². The van der Waals surface area contributed by atoms with Gasteiger partial charge in [0, 0.05) is 24.0 Å². The first-order valence-electron chi connectivity index (χ1n) is 6.03. The Morgan fingerprint density at radius 1 is 1.29 bits per heavy atom. The number of allylic oxidation sites excluding steroid dienone is 2. The van der Waals surface area contributed by atoms with Crippen LogP contribution in [0, 0.1) is 0 Å². The first-order valence-corrected chi connectivity index (χ1v) is 6.03. The average molecular weight is 234 g/mol. The fourth-order valence-corrected chi connectivity index (χ4v) is 1.41. The predicted molar refractivity (Wildman–Crippen MR) is 78.6 cm³/mol. The Bertz CT molecular complexity index is 342. The van der Waals surface area contributed by atoms with Crippen molar-refractivity contribution in [1.82, 2.24) is 4.90 Å². The molecule has 0 aliphatic heterocycles. The third-order valence-electron chi connectivity index (χ3n) is 2.75. The van der Waals surface area contributed by atoms with Crippen molar-refractivity contribution < 1.29 is 0 Å². The first-order chi connectivity index (χ1) is 7.79. The van der Waals surface area contributed by atoms with E-state index in [-0.39, 0.29) is 0 Å². The third kappa shape index (κ3) is 5.64. The molecule has 0 amide bonds. The fourth-order valence-electron chi connectivity index (χ4n) is 1.41. The first kappa shape index (κ1) is 15.9. The fraction of sp³-hybridized carbons (Fsp3) is 0.533. The van der Waals surface area contributed by atoms with Gasteiger partial charge in [-0.3, -0.25) is 9.89 Å². The molecule has 0 unspecified atom stereocenters. The third-order valence-corrected chi connectivity index (χ3v) is 2.75. The topological polar surface area (TPSA) is 15.6 Å². The van der Waals surface area contributed by atoms with Gasteiger partial charge >= 0.3 is 0 Å². The van der Waals surface area contributed by atoms with Gasteiger partial charge < -0.3 is 0 Å². The predicted octanol–water partition coefficient (Wildman–Crippen LogP) is 3.82. The van der Waals surface area contributed by atoms with Crippen LogP contribution in [-0.2, 0) is 0 Å². The highest BCUT2D eigenvalue weighted by Crippen LogP contribution is 2.17. The zero-order chi connectivity index (χ0) is 13.6. The number of rotatable bonds is 6. The number of aliphatic imine (C=N–C) groups is 1. The number of nitrogens with zero attached hydrogens (tertiary/aromatic N) is 2. The average Bonchev–Trinajstić information content (AvgIpc) is 2.22. The zero-order valence-corrected chi connectivity index (χ0v) is 12.2. The van der Waals surface area contributed by atoms with E-state index in [0.717, 1.165) is 29.1 Å². The summed E-state index contributed by atoms with van der Waals surface area (Å²) in [6.45, 7) is 19.1. The molecule has 0 saturated heterocycles. The van der Waals surface area contributed by atoms with E-state index >= 15 is 0 Å². The second kappa shape index (κ2) is 7.23. The summed E-state index contributed by atoms with van der Waals surface area (Å²) in [7, 11) is 2.11. The number of hydrogen-bond donors (Lipinski definition) is 0. The number of hydrogen-bond acceptors (Lipinski definition) is 2. The molecule has 0 radical (unpaired) electrons. The van der Waals surface area contributed by atoms with Gasteiger partial charge in [-0.25, -0.2) is 0 Å². The van der Waals surface area contributed by atoms with Crippen LogP contribution < -0.4 is 0 Å². The van der Waals surface area contributed by atoms with Gasteiger partial charge in [-0.1, -0.05) is 19.2 Å². The van der Waals surface area contributed by atoms with E-state index in [1.165, 1.54) is 0 Å². The molecule has 0 spiro atoms. The molecule has 2 nitrogen and oxygen atoms in total. The summed E-state index contributed by atoms with van der Waals surface area (Å²) in [6, 6.07) is 0.502. The van der Waals surface area contributed by atoms with Crippen molar-refractivity contribution in [3.8, 4) is 0 Å². The molecule has 0 atom stereocenters. The van der Waals surface area contributed by atoms with Gasteiger partial charge in [0.2, 0.25) is 0 Å². The molecule has 0 saturated carbocycles. The number of likely N-dealkylation sites (N-methyl/N-ethyl adjacent to an activating group) is 1. The molecule has 0 rings (SSSR count). The molecule has 0 aromatic rings. The molecule has 0 heterocycles. The van der Waals surface area contributed by atoms with E-state index in [1.54, 1.807) is 6.08 Å². The van der Waals surface area contributed by atoms with Crippen LogP contribution >= 0.6 is 0 Å². The molecule has 17 heavy (non-hydrogen) atoms. The van der Waals surface area contributed by atoms with Crippen LogP contribution in [0.1, 0.15) is 34.6 Å². The summed E-state index contributed by atoms with van der Waals surface area (Å²) < 4.78 is 0. The Hall–Kier alpha value is -1.15. The standard InChI is InChI=1S/C15H26N2/c1-9-13(6)15(10-17(8)12(4)5)14(7)16-11(2)3/h9,12H,1,6,10H2,2-5,7-8H3/b15-14-. The molecule has 2 heteroatoms. The van der Waals surface area contributed by atoms with Crippen LogP contribution in [0.15, 0.2) is 41.1 Å². The van der Waals surface area contributed by atoms with Gasteiger partial charge in [-0.15, -0.1) is 0 Å². The molecule has 0 aromatic carbocycles. The lowest BCUT2D eigenvalue weighted by Gasteiger charge is -2.23. The highest BCUT2D eigenvalue weighted by molar-refractivity contribution is 5.80. The highest BCUT2D eigenvalue weighted by Gasteiger charge is 2.10. The van der Waals surface area contributed by atoms with Crippen molar-refractivity contribution in [3.63, 3.8) is 0 Å². The zero-order valence-electron chi connectivity index (χ0n) is 12.2. The molecule has 0 aliphatic rings. The van der Waals surface area contributed by atoms with Crippen LogP contribution in [0.5, 0.6) is 0 Å². The smallest absolute Gasteiger partial charge is 0.0422 e. The van der Waals surface area contributed by atoms with E-state index < -0.39 is 0 Å². The minimum Gasteiger partial charge on any atom is -0.300 e. The Kier molecular flexibility index (Phi) is 6.74. The molecular formula is C15H26N2. The summed E-state index contributed by atoms with van der Waals surface area (Å²) in [4.78, 5) is 6.79. The Morgan fingerprint density at radius 2 is 1.82 bits per heavy atom. The van der Waals surface area contributed by atoms with E-state index in [4.69, 9.17) is 0 Å². The maximum absolute atomic E-state index is 4.52. The van der Waals surface area contributed by atoms with Crippen molar-refractivity contribution in [1.29, 1.82) is 0 Å². The van der Waals surface area contributed by atoms with E-state index in [0.29, 0.717) is 6.04 Å². The minimum absolute atomic E-state index is 0.502. The van der Waals surface area contributed by atoms with Gasteiger partial charge in [0.25, 0.3) is 0 Å². The van der Waals surface area contributed by atoms with Crippen LogP contribution in [-0.4, -0.2) is 30.2 Å². The maximum Gasteiger partial charge on any atom is 0.0422 e. The second-order valence-electron chi connectivity index (χ2n) is 4.86. The largest absolute Gasteiger partial charge is 0.300 e. The Morgan fingerprint density at radius 3 is 2.18 bits per heavy atom. The van der Waals surface area contributed by atoms with Crippen LogP contribution in [0.2, 0.25) is 0 Å². The van der Waals surface area contributed by atoms with Gasteiger partial charge in [-0.05, 0) is 52.8 Å². The summed E-state index contributed by atoms with van der Waals surface area (Å²) in [5, 5.41) is 0. The van der Waals surface area contributed by atoms with Crippen LogP contribution in [0.25, 0.3) is 0 Å². The lowest BCUT2D eigenvalue weighted by Crippen LogP contribution is -2.29. The Labute approximate surface area is 106 Å². The molecule has 0 fully saturated rings. The summed E-state index contributed by atoms with van der Waals surface area (Å²) in [6.07, 6.45) is 1.80. The molecule has 0 N–H and O–H groups in total. The van der Waals surface area contributed by atoms with Gasteiger partial charge in [0.15, 0.2) is 0 Å². The quantitative estimate of drug-likeness (QED) is 0.504. The van der Waals surface area contributed by atoms with Crippen molar-refractivity contribution in [2.24, 2.45) is 4.99 Å². The SMILES string of the molecule is C=CC(=C)/C(CN(C)C(C)C)=C(/C)N=C(C)C. The second-order valence-corrected chi connectivity index (χ2v) is 4.86. The lowest BCUT2D eigenvalue weighted by atomic mass is 10.0. The molecular weight excluding hydrogens is 208 g/mol. The maximum atomic E-state index is 4.52. The van der Waals surface area contributed by atoms with Crippen LogP contribution in [0.4, 0.5) is 0 Å². The Balaban J connectivity index is 5.22. The summed E-state index contributed by atoms with van der Waals surface area (Å²) in [5.74, 6) is 0. The van der Waals surface area contributed by atoms with Crippen molar-refractivity contribution >= 4 is 5.71 Å². The van der Waals surface area contributed by atoms with Crippen molar-refractivity contribution in [2.45, 2.75) is 40.7 Å². The minimum atomic E-state index is 0.502. The normalized spacial score (nSPS) is 12.5.